The van der Waals surface area contributed by atoms with E-state index in [0.717, 1.165) is 30.5 Å². The zero-order chi connectivity index (χ0) is 19.5. The molecule has 0 spiro atoms. The number of halogens is 1. The largest absolute Gasteiger partial charge is 0.343 e. The quantitative estimate of drug-likeness (QED) is 0.860. The minimum atomic E-state index is -0.480. The van der Waals surface area contributed by atoms with E-state index in [-0.39, 0.29) is 28.9 Å². The molecule has 2 aromatic carbocycles. The average Bonchev–Trinajstić information content (AvgIpc) is 3.21. The monoisotopic (exact) mass is 398 g/mol. The maximum absolute atomic E-state index is 13.1. The summed E-state index contributed by atoms with van der Waals surface area (Å²) in [6, 6.07) is 15.9. The Morgan fingerprint density at radius 3 is 2.61 bits per heavy atom. The lowest BCUT2D eigenvalue weighted by Crippen LogP contribution is -2.55. The van der Waals surface area contributed by atoms with Gasteiger partial charge in [0.25, 0.3) is 0 Å². The summed E-state index contributed by atoms with van der Waals surface area (Å²) >= 11 is 1.51. The number of amides is 2. The first-order valence-corrected chi connectivity index (χ1v) is 10.7. The van der Waals surface area contributed by atoms with Crippen molar-refractivity contribution in [2.24, 2.45) is 0 Å². The second kappa shape index (κ2) is 8.35. The number of hydrogen-bond donors (Lipinski definition) is 1. The van der Waals surface area contributed by atoms with Crippen LogP contribution in [0.2, 0.25) is 0 Å². The number of thioether (sulfide) groups is 1. The van der Waals surface area contributed by atoms with Crippen molar-refractivity contribution in [2.45, 2.75) is 36.6 Å². The molecule has 0 aliphatic carbocycles. The molecule has 28 heavy (non-hydrogen) atoms. The van der Waals surface area contributed by atoms with E-state index in [1.165, 1.54) is 23.9 Å². The highest BCUT2D eigenvalue weighted by atomic mass is 32.2. The summed E-state index contributed by atoms with van der Waals surface area (Å²) in [5.41, 5.74) is 2.07. The van der Waals surface area contributed by atoms with Crippen LogP contribution in [-0.4, -0.2) is 40.3 Å². The second-order valence-corrected chi connectivity index (χ2v) is 8.55. The fourth-order valence-corrected chi connectivity index (χ4v) is 5.15. The maximum atomic E-state index is 13.1. The zero-order valence-corrected chi connectivity index (χ0v) is 16.3. The van der Waals surface area contributed by atoms with Crippen LogP contribution in [0.1, 0.15) is 30.0 Å². The molecule has 4 rings (SSSR count). The van der Waals surface area contributed by atoms with Gasteiger partial charge in [0.05, 0.1) is 11.3 Å². The van der Waals surface area contributed by atoms with Gasteiger partial charge >= 0.3 is 0 Å². The van der Waals surface area contributed by atoms with Crippen molar-refractivity contribution in [1.82, 2.24) is 10.2 Å². The number of hydrogen-bond acceptors (Lipinski definition) is 3. The molecule has 1 N–H and O–H groups in total. The summed E-state index contributed by atoms with van der Waals surface area (Å²) in [6.07, 6.45) is 2.47. The Kier molecular flexibility index (Phi) is 5.67. The minimum Gasteiger partial charge on any atom is -0.343 e. The van der Waals surface area contributed by atoms with E-state index in [2.05, 4.69) is 17.4 Å². The van der Waals surface area contributed by atoms with Crippen molar-refractivity contribution in [2.75, 3.05) is 12.3 Å². The van der Waals surface area contributed by atoms with Gasteiger partial charge in [-0.15, -0.1) is 11.8 Å². The third kappa shape index (κ3) is 4.07. The summed E-state index contributed by atoms with van der Waals surface area (Å²) < 4.78 is 13.1. The van der Waals surface area contributed by atoms with Crippen LogP contribution >= 0.6 is 11.8 Å². The van der Waals surface area contributed by atoms with E-state index in [4.69, 9.17) is 0 Å². The predicted octanol–water partition coefficient (Wildman–Crippen LogP) is 3.33. The van der Waals surface area contributed by atoms with Crippen LogP contribution in [0.5, 0.6) is 0 Å². The first-order chi connectivity index (χ1) is 13.6. The molecule has 2 aliphatic heterocycles. The standard InChI is InChI=1S/C22H23FN2O2S/c23-17-10-8-15(9-11-17)13-20-21(26)24-18(14-28-20)22(27)25-12-4-7-19(25)16-5-2-1-3-6-16/h1-3,5-6,8-11,18-20H,4,7,12-14H2,(H,24,26)/t18-,19+,20-/m0/s1. The summed E-state index contributed by atoms with van der Waals surface area (Å²) in [4.78, 5) is 27.6. The van der Waals surface area contributed by atoms with Crippen molar-refractivity contribution in [3.8, 4) is 0 Å². The Labute approximate surface area is 168 Å². The molecule has 2 amide bonds. The van der Waals surface area contributed by atoms with Crippen LogP contribution in [0, 0.1) is 5.82 Å². The summed E-state index contributed by atoms with van der Waals surface area (Å²) in [5.74, 6) is 0.171. The molecule has 2 saturated heterocycles. The third-order valence-electron chi connectivity index (χ3n) is 5.43. The fourth-order valence-electron chi connectivity index (χ4n) is 3.97. The highest BCUT2D eigenvalue weighted by Crippen LogP contribution is 2.33. The SMILES string of the molecule is O=C1N[C@H](C(=O)N2CCC[C@@H]2c2ccccc2)CS[C@H]1Cc1ccc(F)cc1. The average molecular weight is 399 g/mol. The maximum Gasteiger partial charge on any atom is 0.246 e. The molecule has 4 nitrogen and oxygen atoms in total. The molecule has 0 bridgehead atoms. The second-order valence-electron chi connectivity index (χ2n) is 7.31. The number of nitrogens with one attached hydrogen (secondary N) is 1. The van der Waals surface area contributed by atoms with Crippen LogP contribution in [0.4, 0.5) is 4.39 Å². The molecule has 0 aromatic heterocycles. The number of rotatable bonds is 4. The van der Waals surface area contributed by atoms with Crippen molar-refractivity contribution >= 4 is 23.6 Å². The normalized spacial score (nSPS) is 24.8. The number of nitrogens with zero attached hydrogens (tertiary/aromatic N) is 1. The molecule has 3 atom stereocenters. The van der Waals surface area contributed by atoms with Crippen molar-refractivity contribution in [1.29, 1.82) is 0 Å². The van der Waals surface area contributed by atoms with Gasteiger partial charge in [-0.1, -0.05) is 42.5 Å². The first-order valence-electron chi connectivity index (χ1n) is 9.63. The molecule has 0 saturated carbocycles. The molecule has 2 heterocycles. The van der Waals surface area contributed by atoms with Crippen LogP contribution in [0.3, 0.4) is 0 Å². The summed E-state index contributed by atoms with van der Waals surface area (Å²) in [6.45, 7) is 0.731. The van der Waals surface area contributed by atoms with E-state index >= 15 is 0 Å². The molecular formula is C22H23FN2O2S. The Morgan fingerprint density at radius 1 is 1.14 bits per heavy atom. The van der Waals surface area contributed by atoms with Gasteiger partial charge in [0.1, 0.15) is 11.9 Å². The lowest BCUT2D eigenvalue weighted by atomic mass is 10.0. The van der Waals surface area contributed by atoms with Gasteiger partial charge < -0.3 is 10.2 Å². The number of likely N-dealkylation sites (tertiary alicyclic amines) is 1. The van der Waals surface area contributed by atoms with Gasteiger partial charge in [0, 0.05) is 12.3 Å². The van der Waals surface area contributed by atoms with Crippen LogP contribution in [0.25, 0.3) is 0 Å². The number of carbonyl (C=O) groups excluding carboxylic acids is 2. The Bertz CT molecular complexity index is 843. The summed E-state index contributed by atoms with van der Waals surface area (Å²) in [5, 5.41) is 2.67. The predicted molar refractivity (Wildman–Crippen MR) is 108 cm³/mol. The highest BCUT2D eigenvalue weighted by molar-refractivity contribution is 8.00. The highest BCUT2D eigenvalue weighted by Gasteiger charge is 2.38. The Balaban J connectivity index is 1.39. The Hall–Kier alpha value is -2.34. The molecule has 0 radical (unpaired) electrons. The molecule has 2 aliphatic rings. The smallest absolute Gasteiger partial charge is 0.246 e. The van der Waals surface area contributed by atoms with E-state index in [1.807, 2.05) is 23.1 Å². The molecule has 146 valence electrons. The topological polar surface area (TPSA) is 49.4 Å². The van der Waals surface area contributed by atoms with Gasteiger partial charge in [-0.25, -0.2) is 4.39 Å². The van der Waals surface area contributed by atoms with Gasteiger partial charge in [-0.05, 0) is 42.5 Å². The van der Waals surface area contributed by atoms with Crippen LogP contribution in [0.15, 0.2) is 54.6 Å². The van der Waals surface area contributed by atoms with E-state index in [9.17, 15) is 14.0 Å². The summed E-state index contributed by atoms with van der Waals surface area (Å²) in [7, 11) is 0. The van der Waals surface area contributed by atoms with E-state index in [1.54, 1.807) is 12.1 Å². The lowest BCUT2D eigenvalue weighted by molar-refractivity contribution is -0.136. The van der Waals surface area contributed by atoms with E-state index in [0.29, 0.717) is 12.2 Å². The van der Waals surface area contributed by atoms with Gasteiger partial charge in [0.2, 0.25) is 11.8 Å². The van der Waals surface area contributed by atoms with Crippen LogP contribution < -0.4 is 5.32 Å². The lowest BCUT2D eigenvalue weighted by Gasteiger charge is -2.33. The number of benzene rings is 2. The van der Waals surface area contributed by atoms with E-state index < -0.39 is 6.04 Å². The molecular weight excluding hydrogens is 375 g/mol. The first kappa shape index (κ1) is 19.0. The van der Waals surface area contributed by atoms with Gasteiger partial charge in [-0.2, -0.15) is 0 Å². The molecule has 2 aromatic rings. The van der Waals surface area contributed by atoms with Gasteiger partial charge in [-0.3, -0.25) is 9.59 Å². The Morgan fingerprint density at radius 2 is 1.89 bits per heavy atom. The van der Waals surface area contributed by atoms with Gasteiger partial charge in [0.15, 0.2) is 0 Å². The van der Waals surface area contributed by atoms with Crippen molar-refractivity contribution < 1.29 is 14.0 Å². The van der Waals surface area contributed by atoms with Crippen molar-refractivity contribution in [3.63, 3.8) is 0 Å². The third-order valence-corrected chi connectivity index (χ3v) is 6.73. The van der Waals surface area contributed by atoms with Crippen LogP contribution in [-0.2, 0) is 16.0 Å². The minimum absolute atomic E-state index is 0.00688. The zero-order valence-electron chi connectivity index (χ0n) is 15.5. The molecule has 2 fully saturated rings. The fraction of sp³-hybridized carbons (Fsp3) is 0.364. The van der Waals surface area contributed by atoms with Crippen molar-refractivity contribution in [3.05, 3.63) is 71.5 Å². The number of carbonyl (C=O) groups is 2. The molecule has 0 unspecified atom stereocenters. The molecule has 6 heteroatoms.